The Labute approximate surface area is 138 Å². The van der Waals surface area contributed by atoms with Crippen LogP contribution in [0.5, 0.6) is 0 Å². The van der Waals surface area contributed by atoms with Gasteiger partial charge in [0.1, 0.15) is 6.54 Å². The number of hydrogen-bond acceptors (Lipinski definition) is 3. The van der Waals surface area contributed by atoms with Crippen molar-refractivity contribution in [3.05, 3.63) is 68.0 Å². The van der Waals surface area contributed by atoms with Crippen LogP contribution in [0.15, 0.2) is 46.1 Å². The molecule has 1 atom stereocenters. The number of aromatic nitrogens is 2. The fourth-order valence-electron chi connectivity index (χ4n) is 2.20. The molecule has 0 spiro atoms. The van der Waals surface area contributed by atoms with Crippen molar-refractivity contribution < 1.29 is 4.79 Å². The Morgan fingerprint density at radius 3 is 2.65 bits per heavy atom. The molecule has 1 heterocycles. The third-order valence-corrected chi connectivity index (χ3v) is 4.11. The van der Waals surface area contributed by atoms with E-state index in [-0.39, 0.29) is 18.5 Å². The second kappa shape index (κ2) is 6.83. The summed E-state index contributed by atoms with van der Waals surface area (Å²) in [6.07, 6.45) is 1.33. The maximum absolute atomic E-state index is 12.4. The first-order valence-electron chi connectivity index (χ1n) is 7.09. The van der Waals surface area contributed by atoms with Crippen LogP contribution in [0.3, 0.4) is 0 Å². The highest BCUT2D eigenvalue weighted by molar-refractivity contribution is 6.30. The standard InChI is InChI=1S/C16H18ClN3O3/c1-11(12-5-4-6-13(17)9-12)18(2)15(22)10-20-8-7-14(21)19(3)16(20)23/h4-9,11H,10H2,1-3H3/t11-/m1/s1. The number of carbonyl (C=O) groups is 1. The molecule has 1 amide bonds. The summed E-state index contributed by atoms with van der Waals surface area (Å²) in [5.41, 5.74) is -0.0184. The molecule has 0 fully saturated rings. The van der Waals surface area contributed by atoms with Crippen LogP contribution in [0.1, 0.15) is 18.5 Å². The molecule has 6 nitrogen and oxygen atoms in total. The molecule has 7 heteroatoms. The number of likely N-dealkylation sites (N-methyl/N-ethyl adjacent to an activating group) is 1. The minimum atomic E-state index is -0.519. The molecule has 0 N–H and O–H groups in total. The van der Waals surface area contributed by atoms with Gasteiger partial charge >= 0.3 is 5.69 Å². The normalized spacial score (nSPS) is 12.0. The number of halogens is 1. The van der Waals surface area contributed by atoms with Gasteiger partial charge in [0.25, 0.3) is 5.56 Å². The molecule has 0 aliphatic heterocycles. The van der Waals surface area contributed by atoms with Crippen LogP contribution in [0, 0.1) is 0 Å². The van der Waals surface area contributed by atoms with Gasteiger partial charge in [-0.15, -0.1) is 0 Å². The third-order valence-electron chi connectivity index (χ3n) is 3.87. The van der Waals surface area contributed by atoms with Gasteiger partial charge in [0.15, 0.2) is 0 Å². The largest absolute Gasteiger partial charge is 0.337 e. The van der Waals surface area contributed by atoms with Gasteiger partial charge in [0.05, 0.1) is 6.04 Å². The van der Waals surface area contributed by atoms with E-state index in [1.54, 1.807) is 24.1 Å². The van der Waals surface area contributed by atoms with E-state index >= 15 is 0 Å². The van der Waals surface area contributed by atoms with Gasteiger partial charge in [0, 0.05) is 31.4 Å². The lowest BCUT2D eigenvalue weighted by Crippen LogP contribution is -2.41. The number of amides is 1. The van der Waals surface area contributed by atoms with E-state index in [2.05, 4.69) is 0 Å². The Balaban J connectivity index is 2.19. The van der Waals surface area contributed by atoms with Crippen LogP contribution in [-0.4, -0.2) is 27.0 Å². The zero-order valence-corrected chi connectivity index (χ0v) is 13.9. The van der Waals surface area contributed by atoms with Crippen LogP contribution in [0.25, 0.3) is 0 Å². The zero-order valence-electron chi connectivity index (χ0n) is 13.2. The average molecular weight is 336 g/mol. The Morgan fingerprint density at radius 1 is 1.30 bits per heavy atom. The molecule has 0 saturated heterocycles. The summed E-state index contributed by atoms with van der Waals surface area (Å²) in [5, 5.41) is 0.601. The highest BCUT2D eigenvalue weighted by Crippen LogP contribution is 2.21. The second-order valence-corrected chi connectivity index (χ2v) is 5.80. The molecule has 0 aliphatic carbocycles. The lowest BCUT2D eigenvalue weighted by atomic mass is 10.1. The van der Waals surface area contributed by atoms with Crippen molar-refractivity contribution in [1.82, 2.24) is 14.0 Å². The minimum absolute atomic E-state index is 0.131. The van der Waals surface area contributed by atoms with Gasteiger partial charge < -0.3 is 4.90 Å². The smallest absolute Gasteiger partial charge is 0.331 e. The minimum Gasteiger partial charge on any atom is -0.337 e. The van der Waals surface area contributed by atoms with Crippen molar-refractivity contribution in [3.8, 4) is 0 Å². The monoisotopic (exact) mass is 335 g/mol. The summed E-state index contributed by atoms with van der Waals surface area (Å²) in [6.45, 7) is 1.75. The number of carbonyl (C=O) groups excluding carboxylic acids is 1. The molecular formula is C16H18ClN3O3. The molecule has 1 aromatic carbocycles. The van der Waals surface area contributed by atoms with Gasteiger partial charge in [-0.3, -0.25) is 18.7 Å². The van der Waals surface area contributed by atoms with Gasteiger partial charge in [0.2, 0.25) is 5.91 Å². The average Bonchev–Trinajstić information content (AvgIpc) is 2.54. The van der Waals surface area contributed by atoms with E-state index in [9.17, 15) is 14.4 Å². The highest BCUT2D eigenvalue weighted by atomic mass is 35.5. The summed E-state index contributed by atoms with van der Waals surface area (Å²) in [4.78, 5) is 37.3. The summed E-state index contributed by atoms with van der Waals surface area (Å²) in [6, 6.07) is 8.35. The molecule has 1 aromatic heterocycles. The highest BCUT2D eigenvalue weighted by Gasteiger charge is 2.18. The van der Waals surface area contributed by atoms with Gasteiger partial charge in [-0.05, 0) is 24.6 Å². The third kappa shape index (κ3) is 3.71. The first-order valence-corrected chi connectivity index (χ1v) is 7.46. The molecular weight excluding hydrogens is 318 g/mol. The zero-order chi connectivity index (χ0) is 17.1. The Hall–Kier alpha value is -2.34. The lowest BCUT2D eigenvalue weighted by molar-refractivity contribution is -0.132. The molecule has 0 bridgehead atoms. The summed E-state index contributed by atoms with van der Waals surface area (Å²) < 4.78 is 2.18. The Kier molecular flexibility index (Phi) is 5.05. The topological polar surface area (TPSA) is 64.3 Å². The fraction of sp³-hybridized carbons (Fsp3) is 0.312. The van der Waals surface area contributed by atoms with Crippen LogP contribution in [0.2, 0.25) is 5.02 Å². The van der Waals surface area contributed by atoms with Crippen LogP contribution < -0.4 is 11.2 Å². The van der Waals surface area contributed by atoms with Crippen molar-refractivity contribution in [2.75, 3.05) is 7.05 Å². The molecule has 122 valence electrons. The number of rotatable bonds is 4. The van der Waals surface area contributed by atoms with E-state index in [0.717, 1.165) is 10.1 Å². The van der Waals surface area contributed by atoms with Crippen molar-refractivity contribution in [2.45, 2.75) is 19.5 Å². The SMILES string of the molecule is C[C@H](c1cccc(Cl)c1)N(C)C(=O)Cn1ccc(=O)n(C)c1=O. The predicted octanol–water partition coefficient (Wildman–Crippen LogP) is 1.42. The number of nitrogens with zero attached hydrogens (tertiary/aromatic N) is 3. The van der Waals surface area contributed by atoms with Crippen molar-refractivity contribution in [1.29, 1.82) is 0 Å². The second-order valence-electron chi connectivity index (χ2n) is 5.36. The molecule has 0 aliphatic rings. The predicted molar refractivity (Wildman–Crippen MR) is 88.6 cm³/mol. The summed E-state index contributed by atoms with van der Waals surface area (Å²) in [7, 11) is 3.05. The molecule has 2 aromatic rings. The summed E-state index contributed by atoms with van der Waals surface area (Å²) >= 11 is 5.97. The quantitative estimate of drug-likeness (QED) is 0.849. The van der Waals surface area contributed by atoms with Gasteiger partial charge in [-0.1, -0.05) is 23.7 Å². The molecule has 0 radical (unpaired) electrons. The lowest BCUT2D eigenvalue weighted by Gasteiger charge is -2.26. The Bertz CT molecular complexity index is 841. The van der Waals surface area contributed by atoms with Gasteiger partial charge in [-0.2, -0.15) is 0 Å². The molecule has 0 saturated carbocycles. The van der Waals surface area contributed by atoms with E-state index in [1.165, 1.54) is 23.9 Å². The van der Waals surface area contributed by atoms with E-state index in [0.29, 0.717) is 5.02 Å². The van der Waals surface area contributed by atoms with E-state index in [1.807, 2.05) is 19.1 Å². The van der Waals surface area contributed by atoms with Crippen molar-refractivity contribution in [2.24, 2.45) is 7.05 Å². The van der Waals surface area contributed by atoms with Gasteiger partial charge in [-0.25, -0.2) is 4.79 Å². The first-order chi connectivity index (χ1) is 10.8. The van der Waals surface area contributed by atoms with E-state index in [4.69, 9.17) is 11.6 Å². The maximum Gasteiger partial charge on any atom is 0.331 e. The first kappa shape index (κ1) is 17.0. The number of benzene rings is 1. The van der Waals surface area contributed by atoms with Crippen LogP contribution in [0.4, 0.5) is 0 Å². The van der Waals surface area contributed by atoms with Crippen LogP contribution in [-0.2, 0) is 18.4 Å². The molecule has 0 unspecified atom stereocenters. The maximum atomic E-state index is 12.4. The fourth-order valence-corrected chi connectivity index (χ4v) is 2.40. The molecule has 2 rings (SSSR count). The van der Waals surface area contributed by atoms with Crippen molar-refractivity contribution in [3.63, 3.8) is 0 Å². The van der Waals surface area contributed by atoms with Crippen molar-refractivity contribution >= 4 is 17.5 Å². The molecule has 23 heavy (non-hydrogen) atoms. The van der Waals surface area contributed by atoms with E-state index < -0.39 is 11.2 Å². The van der Waals surface area contributed by atoms with Crippen LogP contribution >= 0.6 is 11.6 Å². The Morgan fingerprint density at radius 2 is 2.00 bits per heavy atom. The number of hydrogen-bond donors (Lipinski definition) is 0. The summed E-state index contributed by atoms with van der Waals surface area (Å²) in [5.74, 6) is -0.238.